The molecule has 2 amide bonds. The van der Waals surface area contributed by atoms with Crippen LogP contribution >= 0.6 is 33.8 Å². The number of rotatable bonds is 21. The van der Waals surface area contributed by atoms with Crippen LogP contribution in [0.25, 0.3) is 0 Å². The highest BCUT2D eigenvalue weighted by molar-refractivity contribution is 8.76. The number of fused-ring (bicyclic) bond motifs is 5. The first kappa shape index (κ1) is 65.0. The lowest BCUT2D eigenvalue weighted by molar-refractivity contribution is -0.346. The summed E-state index contributed by atoms with van der Waals surface area (Å²) in [6.07, 6.45) is -10.5. The summed E-state index contributed by atoms with van der Waals surface area (Å²) in [6.45, 7) is 7.45. The number of anilines is 1. The van der Waals surface area contributed by atoms with Gasteiger partial charge in [0.05, 0.1) is 41.5 Å². The van der Waals surface area contributed by atoms with E-state index in [1.165, 1.54) is 86.0 Å². The summed E-state index contributed by atoms with van der Waals surface area (Å²) in [5.41, 5.74) is 0.567. The van der Waals surface area contributed by atoms with Gasteiger partial charge in [0.1, 0.15) is 48.9 Å². The van der Waals surface area contributed by atoms with E-state index in [1.54, 1.807) is 78.9 Å². The molecule has 11 atom stereocenters. The lowest BCUT2D eigenvalue weighted by Gasteiger charge is -2.67. The maximum Gasteiger partial charge on any atom is 0.509 e. The fourth-order valence-electron chi connectivity index (χ4n) is 11.8. The minimum Gasteiger partial charge on any atom is -0.455 e. The van der Waals surface area contributed by atoms with Gasteiger partial charge >= 0.3 is 36.1 Å². The summed E-state index contributed by atoms with van der Waals surface area (Å²) < 4.78 is 47.6. The van der Waals surface area contributed by atoms with Crippen LogP contribution in [0.3, 0.4) is 0 Å². The summed E-state index contributed by atoms with van der Waals surface area (Å²) in [5.74, 6) is -6.83. The molecular weight excluding hydrogens is 1190 g/mol. The SMILES string of the molecule is CC(=O)O[C@H]1C(=O)[C@@]2(C)[C@H]([C@H](OC(=O)c3ccccc3)[C@]3(O)C[C@H](OC(=O)[C@H](OC(=O)OCCSSCCOC(=O)Nc4cccnc4/C=N/NC(N)=S)[C@@H](NC(=O)c4ccccc4)c4ccccc4)C(C)=C1C3(C)C)[C@]1(OC(C)=O)CO[C@@H]1C[C@@H]2O. The molecule has 27 heteroatoms. The summed E-state index contributed by atoms with van der Waals surface area (Å²) in [7, 11) is 2.55. The number of hydrazone groups is 1. The number of pyridine rings is 1. The largest absolute Gasteiger partial charge is 0.509 e. The number of nitrogens with zero attached hydrogens (tertiary/aromatic N) is 2. The van der Waals surface area contributed by atoms with E-state index in [0.717, 1.165) is 13.8 Å². The predicted octanol–water partition coefficient (Wildman–Crippen LogP) is 6.09. The van der Waals surface area contributed by atoms with Crippen molar-refractivity contribution in [3.63, 3.8) is 0 Å². The van der Waals surface area contributed by atoms with Gasteiger partial charge in [0, 0.05) is 55.4 Å². The van der Waals surface area contributed by atoms with Crippen molar-refractivity contribution >= 4 is 98.6 Å². The fraction of sp³-hybridized carbons (Fsp3) is 0.417. The predicted molar refractivity (Wildman–Crippen MR) is 320 cm³/mol. The van der Waals surface area contributed by atoms with Crippen LogP contribution in [0.5, 0.6) is 0 Å². The number of Topliss-reactive ketones (excluding diaryl/α,β-unsaturated/α-hetero) is 1. The molecule has 1 aliphatic heterocycles. The molecule has 0 radical (unpaired) electrons. The first-order valence-corrected chi connectivity index (χ1v) is 30.4. The van der Waals surface area contributed by atoms with Gasteiger partial charge in [-0.25, -0.2) is 19.2 Å². The Labute approximate surface area is 513 Å². The summed E-state index contributed by atoms with van der Waals surface area (Å²) in [5, 5.41) is 35.5. The van der Waals surface area contributed by atoms with E-state index in [0.29, 0.717) is 17.1 Å². The third-order valence-corrected chi connectivity index (χ3v) is 18.4. The van der Waals surface area contributed by atoms with Gasteiger partial charge in [-0.1, -0.05) is 102 Å². The zero-order chi connectivity index (χ0) is 62.8. The molecule has 4 aromatic rings. The first-order chi connectivity index (χ1) is 41.4. The molecule has 1 aromatic heterocycles. The van der Waals surface area contributed by atoms with Crippen LogP contribution in [0, 0.1) is 16.7 Å². The van der Waals surface area contributed by atoms with Crippen molar-refractivity contribution in [1.29, 1.82) is 0 Å². The lowest BCUT2D eigenvalue weighted by Crippen LogP contribution is -2.82. The zero-order valence-electron chi connectivity index (χ0n) is 48.2. The summed E-state index contributed by atoms with van der Waals surface area (Å²) >= 11 is 4.74. The van der Waals surface area contributed by atoms with Gasteiger partial charge in [-0.05, 0) is 79.2 Å². The molecule has 3 aliphatic carbocycles. The second-order valence-corrected chi connectivity index (χ2v) is 24.8. The summed E-state index contributed by atoms with van der Waals surface area (Å²) in [6, 6.07) is 25.5. The molecule has 462 valence electrons. The van der Waals surface area contributed by atoms with Crippen LogP contribution in [-0.2, 0) is 57.1 Å². The lowest BCUT2D eigenvalue weighted by atomic mass is 9.44. The molecule has 0 unspecified atom stereocenters. The Bertz CT molecular complexity index is 3310. The van der Waals surface area contributed by atoms with Gasteiger partial charge in [-0.3, -0.25) is 34.9 Å². The Kier molecular flexibility index (Phi) is 20.8. The Morgan fingerprint density at radius 2 is 1.49 bits per heavy atom. The van der Waals surface area contributed by atoms with E-state index < -0.39 is 125 Å². The van der Waals surface area contributed by atoms with Crippen LogP contribution in [0.1, 0.15) is 92.4 Å². The number of thiocarbonyl (C=S) groups is 1. The minimum absolute atomic E-state index is 0.0156. The number of amides is 2. The number of benzene rings is 3. The van der Waals surface area contributed by atoms with E-state index in [2.05, 4.69) is 26.1 Å². The van der Waals surface area contributed by atoms with Gasteiger partial charge in [-0.2, -0.15) is 5.10 Å². The third-order valence-electron chi connectivity index (χ3n) is 16.0. The Hall–Kier alpha value is -7.95. The second-order valence-electron chi connectivity index (χ2n) is 21.6. The molecule has 24 nitrogen and oxygen atoms in total. The normalized spacial score (nSPS) is 25.8. The van der Waals surface area contributed by atoms with Crippen molar-refractivity contribution < 1.29 is 86.5 Å². The topological polar surface area (TPSA) is 338 Å². The van der Waals surface area contributed by atoms with E-state index >= 15 is 9.59 Å². The Morgan fingerprint density at radius 3 is 2.10 bits per heavy atom. The number of carbonyl (C=O) groups excluding carboxylic acids is 8. The maximum absolute atomic E-state index is 15.8. The summed E-state index contributed by atoms with van der Waals surface area (Å²) in [4.78, 5) is 117. The van der Waals surface area contributed by atoms with Crippen LogP contribution in [0.15, 0.2) is 126 Å². The average Bonchev–Trinajstić information content (AvgIpc) is 0.726. The quantitative estimate of drug-likeness (QED) is 0.00803. The highest BCUT2D eigenvalue weighted by Crippen LogP contribution is 2.64. The van der Waals surface area contributed by atoms with Crippen molar-refractivity contribution in [1.82, 2.24) is 15.7 Å². The molecule has 1 saturated heterocycles. The number of ether oxygens (including phenoxy) is 8. The molecule has 3 aromatic carbocycles. The molecular formula is C60H66N6O18S3. The molecule has 87 heavy (non-hydrogen) atoms. The monoisotopic (exact) mass is 1250 g/mol. The van der Waals surface area contributed by atoms with Crippen molar-refractivity contribution in [2.75, 3.05) is 36.6 Å². The number of nitrogens with one attached hydrogen (secondary N) is 3. The van der Waals surface area contributed by atoms with E-state index in [-0.39, 0.29) is 64.9 Å². The smallest absolute Gasteiger partial charge is 0.455 e. The van der Waals surface area contributed by atoms with Gasteiger partial charge in [0.15, 0.2) is 22.6 Å². The van der Waals surface area contributed by atoms with Crippen molar-refractivity contribution in [2.24, 2.45) is 27.6 Å². The van der Waals surface area contributed by atoms with Crippen LogP contribution < -0.4 is 21.8 Å². The molecule has 7 N–H and O–H groups in total. The second kappa shape index (κ2) is 27.8. The molecule has 0 spiro atoms. The highest BCUT2D eigenvalue weighted by atomic mass is 33.1. The number of aromatic nitrogens is 1. The number of hydrogen-bond donors (Lipinski definition) is 6. The van der Waals surface area contributed by atoms with Gasteiger partial charge in [-0.15, -0.1) is 0 Å². The van der Waals surface area contributed by atoms with Gasteiger partial charge < -0.3 is 59.2 Å². The Morgan fingerprint density at radius 1 is 0.862 bits per heavy atom. The standard InChI is InChI=1S/C60H66N6O18S3/c1-33-41(30-60(76)50(83-52(72)38-21-14-9-15-22-38)48-58(6,42(69)29-43-59(48,32-79-43)84-35(3)68)49(70)46(80-34(2)67)44(33)57(60,4)5)81-53(73)47(45(36-17-10-7-11-18-36)65-51(71)37-19-12-8-13-20-37)82-56(75)78-26-28-87-86-27-25-77-55(74)64-39-23-16-24-62-40(39)31-63-66-54(61)85/h7-24,31,41-43,45-48,50,69,76H,25-30,32H2,1-6H3,(H,64,74)(H,65,71)(H3,61,66,85)/b63-31+/t41-,42-,43+,45-,46+,47+,48-,50-,58+,59-,60+/m0/s1. The Balaban J connectivity index is 1.09. The first-order valence-electron chi connectivity index (χ1n) is 27.5. The van der Waals surface area contributed by atoms with E-state index in [9.17, 15) is 39.0 Å². The number of ketones is 1. The van der Waals surface area contributed by atoms with Gasteiger partial charge in [0.2, 0.25) is 6.10 Å². The van der Waals surface area contributed by atoms with Crippen molar-refractivity contribution in [3.8, 4) is 0 Å². The molecule has 2 saturated carbocycles. The third kappa shape index (κ3) is 14.1. The highest BCUT2D eigenvalue weighted by Gasteiger charge is 2.78. The van der Waals surface area contributed by atoms with E-state index in [1.807, 2.05) is 0 Å². The molecule has 2 bridgehead atoms. The van der Waals surface area contributed by atoms with Crippen molar-refractivity contribution in [2.45, 2.75) is 108 Å². The number of nitrogens with two attached hydrogens (primary N) is 1. The van der Waals surface area contributed by atoms with Crippen LogP contribution in [-0.4, -0.2) is 153 Å². The fourth-order valence-corrected chi connectivity index (χ4v) is 13.5. The average molecular weight is 1260 g/mol. The maximum atomic E-state index is 15.8. The minimum atomic E-state index is -2.52. The number of aliphatic hydroxyl groups is 2. The van der Waals surface area contributed by atoms with Crippen molar-refractivity contribution in [3.05, 3.63) is 143 Å². The number of esters is 4. The zero-order valence-corrected chi connectivity index (χ0v) is 50.6. The number of hydrogen-bond acceptors (Lipinski definition) is 23. The molecule has 4 aliphatic rings. The van der Waals surface area contributed by atoms with Crippen LogP contribution in [0.4, 0.5) is 15.3 Å². The number of aliphatic hydroxyl groups excluding tert-OH is 1. The van der Waals surface area contributed by atoms with Crippen LogP contribution in [0.2, 0.25) is 0 Å². The molecule has 2 heterocycles. The number of carbonyl (C=O) groups is 8. The molecule has 8 rings (SSSR count). The van der Waals surface area contributed by atoms with Gasteiger partial charge in [0.25, 0.3) is 5.91 Å². The van der Waals surface area contributed by atoms with E-state index in [4.69, 9.17) is 55.8 Å². The molecule has 3 fully saturated rings.